The van der Waals surface area contributed by atoms with Crippen molar-refractivity contribution in [2.45, 2.75) is 33.2 Å². The molecule has 0 spiro atoms. The first kappa shape index (κ1) is 19.3. The Morgan fingerprint density at radius 2 is 2.04 bits per heavy atom. The normalized spacial score (nSPS) is 16.6. The van der Waals surface area contributed by atoms with E-state index in [0.29, 0.717) is 36.8 Å². The van der Waals surface area contributed by atoms with E-state index in [9.17, 15) is 14.9 Å². The topological polar surface area (TPSA) is 84.7 Å². The summed E-state index contributed by atoms with van der Waals surface area (Å²) in [4.78, 5) is 25.4. The molecule has 1 fully saturated rings. The predicted molar refractivity (Wildman–Crippen MR) is 95.8 cm³/mol. The average molecular weight is 349 g/mol. The van der Waals surface area contributed by atoms with Gasteiger partial charge in [0.05, 0.1) is 18.1 Å². The van der Waals surface area contributed by atoms with Crippen LogP contribution in [-0.2, 0) is 4.74 Å². The Kier molecular flexibility index (Phi) is 6.90. The van der Waals surface area contributed by atoms with Crippen molar-refractivity contribution in [1.82, 2.24) is 10.2 Å². The van der Waals surface area contributed by atoms with Crippen LogP contribution in [0.1, 0.15) is 36.2 Å². The van der Waals surface area contributed by atoms with Crippen LogP contribution in [0, 0.1) is 23.0 Å². The second-order valence-electron chi connectivity index (χ2n) is 6.90. The first-order valence-corrected chi connectivity index (χ1v) is 8.73. The van der Waals surface area contributed by atoms with Gasteiger partial charge < -0.3 is 10.1 Å². The standard InChI is InChI=1S/C18H27N3O4/c1-13(2)10-16(20-6-8-25-9-7-20)12-19-18(22)15-5-4-14(3)17(11-15)21(23)24/h4-5,11,13,16H,6-10,12H2,1-3H3,(H,19,22). The summed E-state index contributed by atoms with van der Waals surface area (Å²) in [7, 11) is 0. The van der Waals surface area contributed by atoms with Crippen LogP contribution in [-0.4, -0.2) is 54.6 Å². The maximum Gasteiger partial charge on any atom is 0.273 e. The summed E-state index contributed by atoms with van der Waals surface area (Å²) >= 11 is 0. The Morgan fingerprint density at radius 3 is 2.64 bits per heavy atom. The van der Waals surface area contributed by atoms with Gasteiger partial charge in [0.25, 0.3) is 11.6 Å². The molecule has 7 heteroatoms. The predicted octanol–water partition coefficient (Wildman–Crippen LogP) is 2.38. The zero-order valence-electron chi connectivity index (χ0n) is 15.2. The summed E-state index contributed by atoms with van der Waals surface area (Å²) < 4.78 is 5.40. The number of rotatable bonds is 7. The number of nitrogens with zero attached hydrogens (tertiary/aromatic N) is 2. The molecular formula is C18H27N3O4. The largest absolute Gasteiger partial charge is 0.379 e. The molecule has 0 aromatic heterocycles. The Hall–Kier alpha value is -1.99. The van der Waals surface area contributed by atoms with E-state index < -0.39 is 4.92 Å². The fourth-order valence-corrected chi connectivity index (χ4v) is 3.11. The van der Waals surface area contributed by atoms with Gasteiger partial charge >= 0.3 is 0 Å². The zero-order valence-corrected chi connectivity index (χ0v) is 15.2. The van der Waals surface area contributed by atoms with Crippen molar-refractivity contribution in [2.24, 2.45) is 5.92 Å². The SMILES string of the molecule is Cc1ccc(C(=O)NCC(CC(C)C)N2CCOCC2)cc1[N+](=O)[O-]. The van der Waals surface area contributed by atoms with Crippen molar-refractivity contribution >= 4 is 11.6 Å². The molecule has 1 aliphatic heterocycles. The number of nitrogens with one attached hydrogen (secondary N) is 1. The van der Waals surface area contributed by atoms with Crippen molar-refractivity contribution in [3.63, 3.8) is 0 Å². The molecule has 1 atom stereocenters. The number of benzene rings is 1. The van der Waals surface area contributed by atoms with Crippen LogP contribution in [0.4, 0.5) is 5.69 Å². The first-order chi connectivity index (χ1) is 11.9. The summed E-state index contributed by atoms with van der Waals surface area (Å²) in [6.07, 6.45) is 0.980. The highest BCUT2D eigenvalue weighted by molar-refractivity contribution is 5.95. The average Bonchev–Trinajstić information content (AvgIpc) is 2.59. The van der Waals surface area contributed by atoms with E-state index in [4.69, 9.17) is 4.74 Å². The number of carbonyl (C=O) groups is 1. The van der Waals surface area contributed by atoms with Crippen LogP contribution in [0.2, 0.25) is 0 Å². The minimum absolute atomic E-state index is 0.0282. The van der Waals surface area contributed by atoms with E-state index in [-0.39, 0.29) is 17.6 Å². The number of nitro groups is 1. The van der Waals surface area contributed by atoms with E-state index >= 15 is 0 Å². The molecule has 1 aromatic rings. The van der Waals surface area contributed by atoms with Crippen LogP contribution in [0.5, 0.6) is 0 Å². The summed E-state index contributed by atoms with van der Waals surface area (Å²) in [6, 6.07) is 4.83. The lowest BCUT2D eigenvalue weighted by molar-refractivity contribution is -0.385. The highest BCUT2D eigenvalue weighted by Gasteiger charge is 2.23. The second-order valence-corrected chi connectivity index (χ2v) is 6.90. The van der Waals surface area contributed by atoms with E-state index in [1.54, 1.807) is 19.1 Å². The van der Waals surface area contributed by atoms with Crippen molar-refractivity contribution in [2.75, 3.05) is 32.8 Å². The minimum atomic E-state index is -0.457. The summed E-state index contributed by atoms with van der Waals surface area (Å²) in [5.74, 6) is 0.246. The molecule has 2 rings (SSSR count). The number of ether oxygens (including phenoxy) is 1. The van der Waals surface area contributed by atoms with E-state index in [1.807, 2.05) is 0 Å². The van der Waals surface area contributed by atoms with Gasteiger partial charge in [0, 0.05) is 42.9 Å². The summed E-state index contributed by atoms with van der Waals surface area (Å²) in [5.41, 5.74) is 0.842. The fraction of sp³-hybridized carbons (Fsp3) is 0.611. The number of nitro benzene ring substituents is 1. The van der Waals surface area contributed by atoms with Crippen molar-refractivity contribution in [1.29, 1.82) is 0 Å². The van der Waals surface area contributed by atoms with E-state index in [0.717, 1.165) is 19.5 Å². The van der Waals surface area contributed by atoms with Crippen LogP contribution in [0.15, 0.2) is 18.2 Å². The molecule has 1 aliphatic rings. The minimum Gasteiger partial charge on any atom is -0.379 e. The number of hydrogen-bond acceptors (Lipinski definition) is 5. The summed E-state index contributed by atoms with van der Waals surface area (Å²) in [5, 5.41) is 14.0. The van der Waals surface area contributed by atoms with Crippen LogP contribution in [0.25, 0.3) is 0 Å². The van der Waals surface area contributed by atoms with Gasteiger partial charge in [-0.25, -0.2) is 0 Å². The highest BCUT2D eigenvalue weighted by atomic mass is 16.6. The number of amides is 1. The van der Waals surface area contributed by atoms with Gasteiger partial charge in [-0.05, 0) is 25.3 Å². The van der Waals surface area contributed by atoms with Gasteiger partial charge in [-0.15, -0.1) is 0 Å². The molecule has 0 bridgehead atoms. The first-order valence-electron chi connectivity index (χ1n) is 8.73. The Morgan fingerprint density at radius 1 is 1.36 bits per heavy atom. The molecule has 0 saturated carbocycles. The number of carbonyl (C=O) groups excluding carboxylic acids is 1. The van der Waals surface area contributed by atoms with Crippen LogP contribution >= 0.6 is 0 Å². The lowest BCUT2D eigenvalue weighted by Crippen LogP contribution is -2.49. The highest BCUT2D eigenvalue weighted by Crippen LogP contribution is 2.19. The zero-order chi connectivity index (χ0) is 18.4. The monoisotopic (exact) mass is 349 g/mol. The second kappa shape index (κ2) is 8.92. The lowest BCUT2D eigenvalue weighted by atomic mass is 10.0. The molecular weight excluding hydrogens is 322 g/mol. The lowest BCUT2D eigenvalue weighted by Gasteiger charge is -2.35. The Balaban J connectivity index is 2.02. The third kappa shape index (κ3) is 5.51. The van der Waals surface area contributed by atoms with Gasteiger partial charge in [-0.3, -0.25) is 19.8 Å². The maximum absolute atomic E-state index is 12.4. The molecule has 1 aromatic carbocycles. The number of hydrogen-bond donors (Lipinski definition) is 1. The van der Waals surface area contributed by atoms with Gasteiger partial charge in [-0.1, -0.05) is 19.9 Å². The van der Waals surface area contributed by atoms with E-state index in [1.165, 1.54) is 6.07 Å². The summed E-state index contributed by atoms with van der Waals surface area (Å²) in [6.45, 7) is 9.68. The molecule has 138 valence electrons. The molecule has 1 unspecified atom stereocenters. The third-order valence-electron chi connectivity index (χ3n) is 4.47. The van der Waals surface area contributed by atoms with Gasteiger partial charge in [0.1, 0.15) is 0 Å². The van der Waals surface area contributed by atoms with Gasteiger partial charge in [0.15, 0.2) is 0 Å². The molecule has 1 saturated heterocycles. The van der Waals surface area contributed by atoms with Crippen molar-refractivity contribution < 1.29 is 14.5 Å². The molecule has 25 heavy (non-hydrogen) atoms. The van der Waals surface area contributed by atoms with Gasteiger partial charge in [-0.2, -0.15) is 0 Å². The molecule has 1 N–H and O–H groups in total. The Bertz CT molecular complexity index is 612. The smallest absolute Gasteiger partial charge is 0.273 e. The van der Waals surface area contributed by atoms with E-state index in [2.05, 4.69) is 24.1 Å². The molecule has 1 amide bonds. The van der Waals surface area contributed by atoms with Crippen LogP contribution in [0.3, 0.4) is 0 Å². The molecule has 0 radical (unpaired) electrons. The third-order valence-corrected chi connectivity index (χ3v) is 4.47. The van der Waals surface area contributed by atoms with Crippen LogP contribution < -0.4 is 5.32 Å². The quantitative estimate of drug-likeness (QED) is 0.603. The number of aryl methyl sites for hydroxylation is 1. The molecule has 7 nitrogen and oxygen atoms in total. The maximum atomic E-state index is 12.4. The van der Waals surface area contributed by atoms with Gasteiger partial charge in [0.2, 0.25) is 0 Å². The van der Waals surface area contributed by atoms with Crippen molar-refractivity contribution in [3.05, 3.63) is 39.4 Å². The fourth-order valence-electron chi connectivity index (χ4n) is 3.11. The molecule has 1 heterocycles. The Labute approximate surface area is 148 Å². The number of morpholine rings is 1. The molecule has 0 aliphatic carbocycles. The van der Waals surface area contributed by atoms with Crippen molar-refractivity contribution in [3.8, 4) is 0 Å².